The zero-order chi connectivity index (χ0) is 19.2. The summed E-state index contributed by atoms with van der Waals surface area (Å²) in [6, 6.07) is 0. The van der Waals surface area contributed by atoms with E-state index in [-0.39, 0.29) is 0 Å². The van der Waals surface area contributed by atoms with Crippen LogP contribution in [0.3, 0.4) is 0 Å². The van der Waals surface area contributed by atoms with Crippen LogP contribution in [0, 0.1) is 40.4 Å². The van der Waals surface area contributed by atoms with Gasteiger partial charge in [0.15, 0.2) is 0 Å². The van der Waals surface area contributed by atoms with Crippen LogP contribution in [0.5, 0.6) is 0 Å². The zero-order valence-electron chi connectivity index (χ0n) is 17.8. The number of rotatable bonds is 5. The predicted octanol–water partition coefficient (Wildman–Crippen LogP) is 6.15. The van der Waals surface area contributed by atoms with Crippen molar-refractivity contribution in [2.75, 3.05) is 6.61 Å². The predicted molar refractivity (Wildman–Crippen MR) is 115 cm³/mol. The fraction of sp³-hybridized carbons (Fsp3) is 0.917. The quantitative estimate of drug-likeness (QED) is 0.449. The van der Waals surface area contributed by atoms with Gasteiger partial charge in [-0.15, -0.1) is 0 Å². The molecule has 3 fully saturated rings. The lowest BCUT2D eigenvalue weighted by molar-refractivity contribution is -0.0553. The fourth-order valence-electron chi connectivity index (χ4n) is 8.33. The highest BCUT2D eigenvalue weighted by atomic mass is 31.0. The van der Waals surface area contributed by atoms with Crippen LogP contribution in [0.25, 0.3) is 0 Å². The maximum absolute atomic E-state index is 9.27. The van der Waals surface area contributed by atoms with E-state index in [9.17, 15) is 5.11 Å². The highest BCUT2D eigenvalue weighted by Crippen LogP contribution is 2.67. The number of allylic oxidation sites excluding steroid dienone is 1. The van der Waals surface area contributed by atoms with Crippen molar-refractivity contribution in [2.45, 2.75) is 91.1 Å². The Kier molecular flexibility index (Phi) is 5.83. The topological polar surface area (TPSA) is 29.5 Å². The van der Waals surface area contributed by atoms with Gasteiger partial charge in [-0.2, -0.15) is 0 Å². The molecule has 0 aromatic heterocycles. The molecule has 0 spiro atoms. The first kappa shape index (κ1) is 20.4. The molecule has 0 aromatic carbocycles. The van der Waals surface area contributed by atoms with Crippen LogP contribution in [0.15, 0.2) is 11.6 Å². The molecule has 154 valence electrons. The second-order valence-electron chi connectivity index (χ2n) is 10.8. The van der Waals surface area contributed by atoms with Crippen molar-refractivity contribution in [3.05, 3.63) is 11.6 Å². The third-order valence-electron chi connectivity index (χ3n) is 9.83. The first-order valence-corrected chi connectivity index (χ1v) is 12.1. The van der Waals surface area contributed by atoms with Crippen molar-refractivity contribution in [3.8, 4) is 0 Å². The van der Waals surface area contributed by atoms with Crippen molar-refractivity contribution in [1.29, 1.82) is 0 Å². The first-order valence-electron chi connectivity index (χ1n) is 11.6. The molecule has 1 unspecified atom stereocenters. The van der Waals surface area contributed by atoms with Crippen molar-refractivity contribution >= 4 is 9.47 Å². The van der Waals surface area contributed by atoms with Gasteiger partial charge in [-0.25, -0.2) is 0 Å². The van der Waals surface area contributed by atoms with E-state index in [2.05, 4.69) is 36.3 Å². The van der Waals surface area contributed by atoms with Crippen LogP contribution >= 0.6 is 9.47 Å². The third-order valence-corrected chi connectivity index (χ3v) is 10.2. The van der Waals surface area contributed by atoms with Crippen LogP contribution in [0.2, 0.25) is 0 Å². The van der Waals surface area contributed by atoms with Crippen molar-refractivity contribution in [3.63, 3.8) is 0 Å². The van der Waals surface area contributed by atoms with E-state index >= 15 is 0 Å². The summed E-state index contributed by atoms with van der Waals surface area (Å²) < 4.78 is 5.64. The normalized spacial score (nSPS) is 47.6. The van der Waals surface area contributed by atoms with Gasteiger partial charge in [0.25, 0.3) is 0 Å². The van der Waals surface area contributed by atoms with Crippen LogP contribution in [-0.2, 0) is 4.52 Å². The number of aliphatic hydroxyl groups is 1. The molecule has 0 heterocycles. The van der Waals surface area contributed by atoms with Gasteiger partial charge in [0.05, 0.1) is 6.10 Å². The molecule has 3 saturated carbocycles. The van der Waals surface area contributed by atoms with Crippen molar-refractivity contribution in [2.24, 2.45) is 40.4 Å². The maximum atomic E-state index is 9.27. The molecular formula is C24H41O2P. The van der Waals surface area contributed by atoms with Gasteiger partial charge in [-0.05, 0) is 105 Å². The summed E-state index contributed by atoms with van der Waals surface area (Å²) in [6.45, 7) is 8.05. The van der Waals surface area contributed by atoms with Crippen LogP contribution < -0.4 is 0 Å². The average molecular weight is 393 g/mol. The lowest BCUT2D eigenvalue weighted by Crippen LogP contribution is -2.50. The Bertz CT molecular complexity index is 575. The summed E-state index contributed by atoms with van der Waals surface area (Å²) in [4.78, 5) is 0. The first-order chi connectivity index (χ1) is 12.9. The van der Waals surface area contributed by atoms with Gasteiger partial charge in [0, 0.05) is 16.1 Å². The Balaban J connectivity index is 1.55. The van der Waals surface area contributed by atoms with Crippen LogP contribution in [0.4, 0.5) is 0 Å². The van der Waals surface area contributed by atoms with Crippen LogP contribution in [0.1, 0.15) is 85.0 Å². The van der Waals surface area contributed by atoms with Crippen LogP contribution in [-0.4, -0.2) is 17.8 Å². The largest absolute Gasteiger partial charge is 0.396 e. The summed E-state index contributed by atoms with van der Waals surface area (Å²) in [6.07, 6.45) is 16.0. The van der Waals surface area contributed by atoms with Gasteiger partial charge < -0.3 is 9.63 Å². The van der Waals surface area contributed by atoms with E-state index in [1.165, 1.54) is 51.4 Å². The Morgan fingerprint density at radius 2 is 2.00 bits per heavy atom. The molecule has 0 aromatic rings. The van der Waals surface area contributed by atoms with E-state index in [0.717, 1.165) is 42.4 Å². The minimum atomic E-state index is 0.356. The second kappa shape index (κ2) is 7.73. The number of fused-ring (bicyclic) bond motifs is 5. The molecule has 3 heteroatoms. The van der Waals surface area contributed by atoms with Gasteiger partial charge in [-0.1, -0.05) is 32.4 Å². The highest BCUT2D eigenvalue weighted by Gasteiger charge is 2.59. The molecule has 2 nitrogen and oxygen atoms in total. The lowest BCUT2D eigenvalue weighted by Gasteiger charge is -2.58. The highest BCUT2D eigenvalue weighted by molar-refractivity contribution is 7.09. The smallest absolute Gasteiger partial charge is 0.0648 e. The van der Waals surface area contributed by atoms with Crippen molar-refractivity contribution in [1.82, 2.24) is 0 Å². The molecule has 4 aliphatic carbocycles. The summed E-state index contributed by atoms with van der Waals surface area (Å²) in [5.74, 6) is 4.36. The Hall–Kier alpha value is 0.0900. The standard InChI is InChI=1S/C24H41O2P/c1-16(5-4-14-25)20-8-9-21-19-7-6-17-15-18(26-27)10-12-23(17,2)22(19)11-13-24(20,21)3/h6,16,18-22,25H,4-5,7-15,27H2,1-3H3/t16-,18+,19+,20-,21+,22+,23+,24-/m1/s1. The molecule has 0 aliphatic heterocycles. The van der Waals surface area contributed by atoms with Gasteiger partial charge in [-0.3, -0.25) is 0 Å². The molecular weight excluding hydrogens is 351 g/mol. The number of aliphatic hydroxyl groups excluding tert-OH is 1. The van der Waals surface area contributed by atoms with E-state index in [1.807, 2.05) is 0 Å². The minimum absolute atomic E-state index is 0.356. The molecule has 0 amide bonds. The minimum Gasteiger partial charge on any atom is -0.396 e. The van der Waals surface area contributed by atoms with E-state index < -0.39 is 0 Å². The molecule has 27 heavy (non-hydrogen) atoms. The van der Waals surface area contributed by atoms with Gasteiger partial charge in [0.2, 0.25) is 0 Å². The second-order valence-corrected chi connectivity index (χ2v) is 11.1. The van der Waals surface area contributed by atoms with Gasteiger partial charge >= 0.3 is 0 Å². The fourth-order valence-corrected chi connectivity index (χ4v) is 8.57. The molecule has 0 saturated heterocycles. The lowest BCUT2D eigenvalue weighted by atomic mass is 9.47. The van der Waals surface area contributed by atoms with Gasteiger partial charge in [0.1, 0.15) is 0 Å². The molecule has 0 bridgehead atoms. The van der Waals surface area contributed by atoms with E-state index in [1.54, 1.807) is 5.57 Å². The monoisotopic (exact) mass is 392 g/mol. The number of hydrogen-bond acceptors (Lipinski definition) is 2. The Labute approximate surface area is 169 Å². The van der Waals surface area contributed by atoms with E-state index in [0.29, 0.717) is 23.5 Å². The maximum Gasteiger partial charge on any atom is 0.0648 e. The Morgan fingerprint density at radius 1 is 1.19 bits per heavy atom. The summed E-state index contributed by atoms with van der Waals surface area (Å²) in [7, 11) is 2.50. The van der Waals surface area contributed by atoms with E-state index in [4.69, 9.17) is 4.52 Å². The summed E-state index contributed by atoms with van der Waals surface area (Å²) in [5.41, 5.74) is 2.69. The molecule has 1 N–H and O–H groups in total. The molecule has 4 rings (SSSR count). The van der Waals surface area contributed by atoms with Crippen molar-refractivity contribution < 1.29 is 9.63 Å². The molecule has 4 aliphatic rings. The zero-order valence-corrected chi connectivity index (χ0v) is 18.9. The number of hydrogen-bond donors (Lipinski definition) is 1. The third kappa shape index (κ3) is 3.27. The average Bonchev–Trinajstić information content (AvgIpc) is 3.02. The summed E-state index contributed by atoms with van der Waals surface area (Å²) >= 11 is 0. The molecule has 9 atom stereocenters. The summed E-state index contributed by atoms with van der Waals surface area (Å²) in [5, 5.41) is 9.27. The molecule has 0 radical (unpaired) electrons. The Morgan fingerprint density at radius 3 is 2.74 bits per heavy atom. The SMILES string of the molecule is C[C@H](CCCO)[C@H]1CC[C@H]2[C@@H]3CC=C4C[C@@H](OP)CC[C@]4(C)[C@H]3CC[C@]12C.